The Morgan fingerprint density at radius 2 is 1.85 bits per heavy atom. The van der Waals surface area contributed by atoms with Gasteiger partial charge in [0.05, 0.1) is 12.3 Å². The first-order valence-electron chi connectivity index (χ1n) is 8.28. The molecule has 0 aliphatic carbocycles. The SMILES string of the molecule is CCOC(=O)C1=NN(C(C)=O)[C@H]2C(=O)N(c3ccc(C)c(C)c3)C(=O)[C@H]12. The number of esters is 1. The standard InChI is InChI=1S/C18H19N3O5/c1-5-26-18(25)14-13-15(21(19-14)11(4)22)17(24)20(16(13)23)12-7-6-9(2)10(3)8-12/h6-8,13,15H,5H2,1-4H3/t13-,15-/m1/s1. The van der Waals surface area contributed by atoms with Crippen LogP contribution in [0.2, 0.25) is 0 Å². The van der Waals surface area contributed by atoms with Gasteiger partial charge in [-0.05, 0) is 44.0 Å². The first-order valence-corrected chi connectivity index (χ1v) is 8.28. The van der Waals surface area contributed by atoms with E-state index in [0.717, 1.165) is 21.0 Å². The summed E-state index contributed by atoms with van der Waals surface area (Å²) in [5.41, 5.74) is 2.14. The number of hydrogen-bond donors (Lipinski definition) is 0. The summed E-state index contributed by atoms with van der Waals surface area (Å²) in [6.07, 6.45) is 0. The van der Waals surface area contributed by atoms with E-state index in [9.17, 15) is 19.2 Å². The van der Waals surface area contributed by atoms with Gasteiger partial charge < -0.3 is 4.74 Å². The van der Waals surface area contributed by atoms with Crippen molar-refractivity contribution in [3.05, 3.63) is 29.3 Å². The number of aryl methyl sites for hydroxylation is 2. The summed E-state index contributed by atoms with van der Waals surface area (Å²) in [6, 6.07) is 4.05. The zero-order valence-electron chi connectivity index (χ0n) is 15.0. The van der Waals surface area contributed by atoms with Crippen molar-refractivity contribution >= 4 is 35.1 Å². The van der Waals surface area contributed by atoms with E-state index in [4.69, 9.17) is 4.74 Å². The smallest absolute Gasteiger partial charge is 0.355 e. The molecule has 0 N–H and O–H groups in total. The Labute approximate surface area is 150 Å². The number of ether oxygens (including phenoxy) is 1. The Balaban J connectivity index is 2.05. The van der Waals surface area contributed by atoms with E-state index < -0.39 is 35.7 Å². The molecule has 26 heavy (non-hydrogen) atoms. The van der Waals surface area contributed by atoms with Crippen molar-refractivity contribution < 1.29 is 23.9 Å². The zero-order valence-corrected chi connectivity index (χ0v) is 15.0. The van der Waals surface area contributed by atoms with E-state index in [-0.39, 0.29) is 12.3 Å². The zero-order chi connectivity index (χ0) is 19.2. The normalized spacial score (nSPS) is 21.8. The predicted octanol–water partition coefficient (Wildman–Crippen LogP) is 0.943. The van der Waals surface area contributed by atoms with Gasteiger partial charge in [0.2, 0.25) is 11.8 Å². The molecule has 0 saturated carbocycles. The quantitative estimate of drug-likeness (QED) is 0.593. The molecule has 1 aromatic carbocycles. The molecule has 0 bridgehead atoms. The van der Waals surface area contributed by atoms with Crippen molar-refractivity contribution in [1.82, 2.24) is 5.01 Å². The molecule has 3 amide bonds. The molecule has 1 aromatic rings. The van der Waals surface area contributed by atoms with Crippen molar-refractivity contribution in [2.75, 3.05) is 11.5 Å². The summed E-state index contributed by atoms with van der Waals surface area (Å²) in [5.74, 6) is -3.64. The molecule has 8 heteroatoms. The highest BCUT2D eigenvalue weighted by Crippen LogP contribution is 2.36. The maximum atomic E-state index is 13.0. The van der Waals surface area contributed by atoms with Crippen LogP contribution >= 0.6 is 0 Å². The minimum absolute atomic E-state index is 0.0956. The van der Waals surface area contributed by atoms with Crippen LogP contribution in [0.25, 0.3) is 0 Å². The fourth-order valence-electron chi connectivity index (χ4n) is 3.17. The van der Waals surface area contributed by atoms with Gasteiger partial charge in [0.1, 0.15) is 5.92 Å². The number of carbonyl (C=O) groups excluding carboxylic acids is 4. The molecule has 2 heterocycles. The second-order valence-electron chi connectivity index (χ2n) is 6.27. The van der Waals surface area contributed by atoms with Gasteiger partial charge in [-0.1, -0.05) is 6.07 Å². The van der Waals surface area contributed by atoms with E-state index in [1.54, 1.807) is 19.1 Å². The summed E-state index contributed by atoms with van der Waals surface area (Å²) >= 11 is 0. The fourth-order valence-corrected chi connectivity index (χ4v) is 3.17. The summed E-state index contributed by atoms with van der Waals surface area (Å²) in [5, 5.41) is 4.81. The van der Waals surface area contributed by atoms with Crippen LogP contribution in [0.5, 0.6) is 0 Å². The summed E-state index contributed by atoms with van der Waals surface area (Å²) in [4.78, 5) is 51.0. The largest absolute Gasteiger partial charge is 0.461 e. The van der Waals surface area contributed by atoms with E-state index >= 15 is 0 Å². The Hall–Kier alpha value is -3.03. The second kappa shape index (κ2) is 6.36. The summed E-state index contributed by atoms with van der Waals surface area (Å²) in [7, 11) is 0. The highest BCUT2D eigenvalue weighted by atomic mass is 16.5. The molecule has 8 nitrogen and oxygen atoms in total. The first kappa shape index (κ1) is 17.8. The third kappa shape index (κ3) is 2.58. The lowest BCUT2D eigenvalue weighted by Crippen LogP contribution is -2.41. The highest BCUT2D eigenvalue weighted by molar-refractivity contribution is 6.47. The van der Waals surface area contributed by atoms with E-state index in [1.807, 2.05) is 19.9 Å². The molecule has 2 aliphatic heterocycles. The molecule has 0 unspecified atom stereocenters. The van der Waals surface area contributed by atoms with Crippen LogP contribution in [-0.2, 0) is 23.9 Å². The molecule has 0 radical (unpaired) electrons. The number of fused-ring (bicyclic) bond motifs is 1. The minimum Gasteiger partial charge on any atom is -0.461 e. The number of hydrogen-bond acceptors (Lipinski definition) is 6. The number of amides is 3. The van der Waals surface area contributed by atoms with Gasteiger partial charge in [-0.3, -0.25) is 14.4 Å². The van der Waals surface area contributed by atoms with E-state index in [1.165, 1.54) is 6.92 Å². The van der Waals surface area contributed by atoms with Crippen LogP contribution in [0.4, 0.5) is 5.69 Å². The van der Waals surface area contributed by atoms with Crippen molar-refractivity contribution in [3.8, 4) is 0 Å². The van der Waals surface area contributed by atoms with Gasteiger partial charge in [-0.15, -0.1) is 0 Å². The van der Waals surface area contributed by atoms with Crippen molar-refractivity contribution in [1.29, 1.82) is 0 Å². The number of imide groups is 1. The van der Waals surface area contributed by atoms with Crippen LogP contribution in [0.3, 0.4) is 0 Å². The molecule has 0 spiro atoms. The average Bonchev–Trinajstić information content (AvgIpc) is 3.09. The molecule has 136 valence electrons. The first-order chi connectivity index (χ1) is 12.3. The second-order valence-corrected chi connectivity index (χ2v) is 6.27. The number of rotatable bonds is 3. The number of nitrogens with zero attached hydrogens (tertiary/aromatic N) is 3. The maximum absolute atomic E-state index is 13.0. The highest BCUT2D eigenvalue weighted by Gasteiger charge is 2.59. The molecule has 2 atom stereocenters. The van der Waals surface area contributed by atoms with Gasteiger partial charge >= 0.3 is 5.97 Å². The molecule has 3 rings (SSSR count). The average molecular weight is 357 g/mol. The van der Waals surface area contributed by atoms with Gasteiger partial charge in [-0.25, -0.2) is 14.7 Å². The van der Waals surface area contributed by atoms with E-state index in [0.29, 0.717) is 5.69 Å². The summed E-state index contributed by atoms with van der Waals surface area (Å²) in [6.45, 7) is 6.74. The molecule has 2 aliphatic rings. The molecule has 1 saturated heterocycles. The number of carbonyl (C=O) groups is 4. The van der Waals surface area contributed by atoms with Gasteiger partial charge in [0, 0.05) is 6.92 Å². The van der Waals surface area contributed by atoms with Crippen molar-refractivity contribution in [3.63, 3.8) is 0 Å². The molecular weight excluding hydrogens is 338 g/mol. The Kier molecular flexibility index (Phi) is 4.35. The number of anilines is 1. The Morgan fingerprint density at radius 3 is 2.42 bits per heavy atom. The molecule has 1 fully saturated rings. The monoisotopic (exact) mass is 357 g/mol. The van der Waals surface area contributed by atoms with Gasteiger partial charge in [0.15, 0.2) is 11.8 Å². The number of benzene rings is 1. The van der Waals surface area contributed by atoms with Crippen LogP contribution < -0.4 is 4.90 Å². The van der Waals surface area contributed by atoms with Gasteiger partial charge in [0.25, 0.3) is 5.91 Å². The van der Waals surface area contributed by atoms with E-state index in [2.05, 4.69) is 5.10 Å². The van der Waals surface area contributed by atoms with Crippen LogP contribution in [-0.4, -0.2) is 47.1 Å². The lowest BCUT2D eigenvalue weighted by Gasteiger charge is -2.19. The third-order valence-electron chi connectivity index (χ3n) is 4.61. The summed E-state index contributed by atoms with van der Waals surface area (Å²) < 4.78 is 4.93. The van der Waals surface area contributed by atoms with Gasteiger partial charge in [-0.2, -0.15) is 5.10 Å². The van der Waals surface area contributed by atoms with Crippen molar-refractivity contribution in [2.24, 2.45) is 11.0 Å². The fraction of sp³-hybridized carbons (Fsp3) is 0.389. The van der Waals surface area contributed by atoms with Crippen LogP contribution in [0.15, 0.2) is 23.3 Å². The molecular formula is C18H19N3O5. The lowest BCUT2D eigenvalue weighted by molar-refractivity contribution is -0.136. The Morgan fingerprint density at radius 1 is 1.15 bits per heavy atom. The third-order valence-corrected chi connectivity index (χ3v) is 4.61. The maximum Gasteiger partial charge on any atom is 0.355 e. The van der Waals surface area contributed by atoms with Crippen molar-refractivity contribution in [2.45, 2.75) is 33.7 Å². The number of hydrazone groups is 1. The van der Waals surface area contributed by atoms with Crippen LogP contribution in [0.1, 0.15) is 25.0 Å². The molecule has 0 aromatic heterocycles. The topological polar surface area (TPSA) is 96.3 Å². The van der Waals surface area contributed by atoms with Crippen LogP contribution in [0, 0.1) is 19.8 Å². The Bertz CT molecular complexity index is 860. The lowest BCUT2D eigenvalue weighted by atomic mass is 9.98. The minimum atomic E-state index is -1.15. The predicted molar refractivity (Wildman–Crippen MR) is 92.3 cm³/mol.